The number of anilines is 2. The van der Waals surface area contributed by atoms with E-state index in [4.69, 9.17) is 35.4 Å². The zero-order valence-electron chi connectivity index (χ0n) is 15.5. The summed E-state index contributed by atoms with van der Waals surface area (Å²) in [4.78, 5) is 26.6. The van der Waals surface area contributed by atoms with Crippen molar-refractivity contribution in [2.75, 3.05) is 10.2 Å². The lowest BCUT2D eigenvalue weighted by Gasteiger charge is -2.16. The molecule has 1 heterocycles. The minimum absolute atomic E-state index is 0.0179. The molecule has 2 amide bonds. The molecule has 0 aromatic heterocycles. The number of fused-ring (bicyclic) bond motifs is 1. The number of benzene rings is 3. The van der Waals surface area contributed by atoms with E-state index in [1.165, 1.54) is 6.07 Å². The van der Waals surface area contributed by atoms with Gasteiger partial charge >= 0.3 is 0 Å². The summed E-state index contributed by atoms with van der Waals surface area (Å²) in [5.41, 5.74) is 3.55. The van der Waals surface area contributed by atoms with Gasteiger partial charge in [-0.25, -0.2) is 0 Å². The van der Waals surface area contributed by atoms with Gasteiger partial charge in [0.25, 0.3) is 11.8 Å². The molecule has 3 aromatic carbocycles. The summed E-state index contributed by atoms with van der Waals surface area (Å²) in [6.45, 7) is 0.542. The molecule has 0 saturated carbocycles. The number of thiocarbonyl (C=S) groups is 1. The summed E-state index contributed by atoms with van der Waals surface area (Å²) in [6, 6.07) is 19.4. The number of halogens is 2. The SMILES string of the molecule is O=C(NC(=S)Nc1ccc(N2Cc3ccccc3C2=O)cc1)c1ccc(Cl)c(Cl)c1. The number of rotatable bonds is 3. The second kappa shape index (κ2) is 8.44. The van der Waals surface area contributed by atoms with Crippen LogP contribution < -0.4 is 15.5 Å². The maximum absolute atomic E-state index is 12.6. The molecule has 0 spiro atoms. The van der Waals surface area contributed by atoms with Gasteiger partial charge in [0, 0.05) is 22.5 Å². The van der Waals surface area contributed by atoms with Gasteiger partial charge in [0.2, 0.25) is 0 Å². The van der Waals surface area contributed by atoms with E-state index in [0.717, 1.165) is 16.8 Å². The largest absolute Gasteiger partial charge is 0.332 e. The highest BCUT2D eigenvalue weighted by Gasteiger charge is 2.27. The van der Waals surface area contributed by atoms with Crippen molar-refractivity contribution in [3.63, 3.8) is 0 Å². The zero-order chi connectivity index (χ0) is 21.3. The fourth-order valence-corrected chi connectivity index (χ4v) is 3.67. The lowest BCUT2D eigenvalue weighted by Crippen LogP contribution is -2.34. The monoisotopic (exact) mass is 455 g/mol. The Bertz CT molecular complexity index is 1170. The van der Waals surface area contributed by atoms with Crippen LogP contribution in [0.2, 0.25) is 10.0 Å². The molecule has 3 aromatic rings. The van der Waals surface area contributed by atoms with Crippen LogP contribution in [-0.4, -0.2) is 16.9 Å². The third kappa shape index (κ3) is 4.16. The third-order valence-electron chi connectivity index (χ3n) is 4.67. The van der Waals surface area contributed by atoms with Crippen LogP contribution in [0.5, 0.6) is 0 Å². The summed E-state index contributed by atoms with van der Waals surface area (Å²) < 4.78 is 0. The number of nitrogens with zero attached hydrogens (tertiary/aromatic N) is 1. The van der Waals surface area contributed by atoms with E-state index in [-0.39, 0.29) is 16.0 Å². The molecule has 0 unspecified atom stereocenters. The summed E-state index contributed by atoms with van der Waals surface area (Å²) >= 11 is 17.0. The van der Waals surface area contributed by atoms with Gasteiger partial charge < -0.3 is 10.2 Å². The van der Waals surface area contributed by atoms with E-state index in [1.807, 2.05) is 36.4 Å². The standard InChI is InChI=1S/C22H15Cl2N3O2S/c23-18-10-5-13(11-19(18)24)20(28)26-22(30)25-15-6-8-16(9-7-15)27-12-14-3-1-2-4-17(14)21(27)29/h1-11H,12H2,(H2,25,26,28,30). The first-order chi connectivity index (χ1) is 14.4. The summed E-state index contributed by atoms with van der Waals surface area (Å²) in [5, 5.41) is 6.35. The number of amides is 2. The van der Waals surface area contributed by atoms with Gasteiger partial charge in [-0.1, -0.05) is 41.4 Å². The number of carbonyl (C=O) groups excluding carboxylic acids is 2. The van der Waals surface area contributed by atoms with E-state index in [0.29, 0.717) is 22.8 Å². The maximum Gasteiger partial charge on any atom is 0.258 e. The molecule has 150 valence electrons. The van der Waals surface area contributed by atoms with Crippen LogP contribution in [0.3, 0.4) is 0 Å². The van der Waals surface area contributed by atoms with Gasteiger partial charge in [-0.05, 0) is 66.3 Å². The van der Waals surface area contributed by atoms with Gasteiger partial charge in [0.05, 0.1) is 16.6 Å². The molecule has 0 bridgehead atoms. The molecule has 1 aliphatic rings. The Morgan fingerprint density at radius 1 is 0.967 bits per heavy atom. The molecule has 4 rings (SSSR count). The summed E-state index contributed by atoms with van der Waals surface area (Å²) in [7, 11) is 0. The molecule has 0 atom stereocenters. The second-order valence-electron chi connectivity index (χ2n) is 6.63. The third-order valence-corrected chi connectivity index (χ3v) is 5.61. The molecular formula is C22H15Cl2N3O2S. The first-order valence-electron chi connectivity index (χ1n) is 8.99. The predicted octanol–water partition coefficient (Wildman–Crippen LogP) is 5.28. The summed E-state index contributed by atoms with van der Waals surface area (Å²) in [6.07, 6.45) is 0. The van der Waals surface area contributed by atoms with Crippen LogP contribution in [-0.2, 0) is 6.54 Å². The van der Waals surface area contributed by atoms with Crippen LogP contribution in [0, 0.1) is 0 Å². The Hall–Kier alpha value is -2.93. The minimum Gasteiger partial charge on any atom is -0.332 e. The molecule has 30 heavy (non-hydrogen) atoms. The molecular weight excluding hydrogens is 441 g/mol. The van der Waals surface area contributed by atoms with E-state index in [2.05, 4.69) is 10.6 Å². The lowest BCUT2D eigenvalue weighted by molar-refractivity contribution is 0.0974. The van der Waals surface area contributed by atoms with Gasteiger partial charge in [-0.15, -0.1) is 0 Å². The van der Waals surface area contributed by atoms with E-state index in [9.17, 15) is 9.59 Å². The Kier molecular flexibility index (Phi) is 5.72. The minimum atomic E-state index is -0.400. The number of carbonyl (C=O) groups is 2. The lowest BCUT2D eigenvalue weighted by atomic mass is 10.1. The molecule has 8 heteroatoms. The second-order valence-corrected chi connectivity index (χ2v) is 7.86. The summed E-state index contributed by atoms with van der Waals surface area (Å²) in [5.74, 6) is -0.418. The predicted molar refractivity (Wildman–Crippen MR) is 124 cm³/mol. The van der Waals surface area contributed by atoms with Gasteiger partial charge in [-0.3, -0.25) is 14.9 Å². The van der Waals surface area contributed by atoms with Crippen molar-refractivity contribution >= 4 is 63.7 Å². The van der Waals surface area contributed by atoms with Gasteiger partial charge in [0.1, 0.15) is 0 Å². The van der Waals surface area contributed by atoms with E-state index in [1.54, 1.807) is 29.2 Å². The Morgan fingerprint density at radius 3 is 2.40 bits per heavy atom. The zero-order valence-corrected chi connectivity index (χ0v) is 17.8. The molecule has 1 aliphatic heterocycles. The molecule has 0 saturated heterocycles. The van der Waals surface area contributed by atoms with Crippen LogP contribution in [0.1, 0.15) is 26.3 Å². The highest BCUT2D eigenvalue weighted by molar-refractivity contribution is 7.80. The van der Waals surface area contributed by atoms with Crippen molar-refractivity contribution in [1.29, 1.82) is 0 Å². The molecule has 0 radical (unpaired) electrons. The normalized spacial score (nSPS) is 12.5. The van der Waals surface area contributed by atoms with Crippen molar-refractivity contribution in [3.05, 3.63) is 93.5 Å². The topological polar surface area (TPSA) is 61.4 Å². The highest BCUT2D eigenvalue weighted by atomic mass is 35.5. The van der Waals surface area contributed by atoms with E-state index < -0.39 is 5.91 Å². The molecule has 2 N–H and O–H groups in total. The fourth-order valence-electron chi connectivity index (χ4n) is 3.16. The van der Waals surface area contributed by atoms with Crippen molar-refractivity contribution in [2.45, 2.75) is 6.54 Å². The molecule has 0 fully saturated rings. The van der Waals surface area contributed by atoms with Crippen molar-refractivity contribution in [3.8, 4) is 0 Å². The first kappa shape index (κ1) is 20.3. The number of hydrogen-bond acceptors (Lipinski definition) is 3. The quantitative estimate of drug-likeness (QED) is 0.527. The Morgan fingerprint density at radius 2 is 1.70 bits per heavy atom. The molecule has 5 nitrogen and oxygen atoms in total. The Balaban J connectivity index is 1.39. The smallest absolute Gasteiger partial charge is 0.258 e. The molecule has 0 aliphatic carbocycles. The van der Waals surface area contributed by atoms with Crippen LogP contribution >= 0.6 is 35.4 Å². The average Bonchev–Trinajstić information content (AvgIpc) is 3.07. The highest BCUT2D eigenvalue weighted by Crippen LogP contribution is 2.29. The van der Waals surface area contributed by atoms with Gasteiger partial charge in [0.15, 0.2) is 5.11 Å². The van der Waals surface area contributed by atoms with E-state index >= 15 is 0 Å². The fraction of sp³-hybridized carbons (Fsp3) is 0.0455. The van der Waals surface area contributed by atoms with Crippen LogP contribution in [0.4, 0.5) is 11.4 Å². The maximum atomic E-state index is 12.6. The van der Waals surface area contributed by atoms with Crippen molar-refractivity contribution in [1.82, 2.24) is 5.32 Å². The van der Waals surface area contributed by atoms with Crippen molar-refractivity contribution < 1.29 is 9.59 Å². The Labute approximate surface area is 188 Å². The number of nitrogens with one attached hydrogen (secondary N) is 2. The van der Waals surface area contributed by atoms with Crippen molar-refractivity contribution in [2.24, 2.45) is 0 Å². The average molecular weight is 456 g/mol. The van der Waals surface area contributed by atoms with Gasteiger partial charge in [-0.2, -0.15) is 0 Å². The van der Waals surface area contributed by atoms with Crippen LogP contribution in [0.25, 0.3) is 0 Å². The van der Waals surface area contributed by atoms with Crippen LogP contribution in [0.15, 0.2) is 66.7 Å². The first-order valence-corrected chi connectivity index (χ1v) is 10.2. The number of hydrogen-bond donors (Lipinski definition) is 2.